The van der Waals surface area contributed by atoms with E-state index in [2.05, 4.69) is 11.4 Å². The number of carbonyl (C=O) groups excluding carboxylic acids is 1. The number of β-amino-alcohol motifs (C(OH)–C–C–N with tert-alkyl or cyclic N) is 1. The lowest BCUT2D eigenvalue weighted by molar-refractivity contribution is -0.122. The van der Waals surface area contributed by atoms with Crippen LogP contribution in [0.15, 0.2) is 11.6 Å². The standard InChI is InChI=1S/C15H26N2O2/c1-15(19)8-10-17(12-15)11-14(18)16-9-7-13-5-3-2-4-6-13/h5,19H,2-4,6-12H2,1H3,(H,16,18). The van der Waals surface area contributed by atoms with Crippen LogP contribution in [0.2, 0.25) is 0 Å². The summed E-state index contributed by atoms with van der Waals surface area (Å²) in [4.78, 5) is 13.8. The van der Waals surface area contributed by atoms with Crippen molar-refractivity contribution in [2.24, 2.45) is 0 Å². The SMILES string of the molecule is CC1(O)CCN(CC(=O)NCCC2=CCCCC2)C1. The van der Waals surface area contributed by atoms with Crippen LogP contribution in [-0.2, 0) is 4.79 Å². The second-order valence-corrected chi connectivity index (χ2v) is 6.17. The number of nitrogens with one attached hydrogen (secondary N) is 1. The molecule has 2 N–H and O–H groups in total. The Hall–Kier alpha value is -0.870. The van der Waals surface area contributed by atoms with E-state index in [1.807, 2.05) is 11.8 Å². The number of hydrogen-bond acceptors (Lipinski definition) is 3. The topological polar surface area (TPSA) is 52.6 Å². The van der Waals surface area contributed by atoms with Crippen molar-refractivity contribution in [2.45, 2.75) is 51.0 Å². The van der Waals surface area contributed by atoms with Gasteiger partial charge in [-0.05, 0) is 45.4 Å². The predicted octanol–water partition coefficient (Wildman–Crippen LogP) is 1.45. The van der Waals surface area contributed by atoms with Crippen LogP contribution in [0.3, 0.4) is 0 Å². The average molecular weight is 266 g/mol. The third-order valence-corrected chi connectivity index (χ3v) is 4.05. The van der Waals surface area contributed by atoms with Crippen LogP contribution in [0.25, 0.3) is 0 Å². The van der Waals surface area contributed by atoms with Gasteiger partial charge in [0.05, 0.1) is 12.1 Å². The van der Waals surface area contributed by atoms with Crippen molar-refractivity contribution in [1.29, 1.82) is 0 Å². The van der Waals surface area contributed by atoms with Crippen molar-refractivity contribution < 1.29 is 9.90 Å². The number of hydrogen-bond donors (Lipinski definition) is 2. The van der Waals surface area contributed by atoms with E-state index >= 15 is 0 Å². The van der Waals surface area contributed by atoms with Gasteiger partial charge in [0.25, 0.3) is 0 Å². The summed E-state index contributed by atoms with van der Waals surface area (Å²) in [6.45, 7) is 4.40. The highest BCUT2D eigenvalue weighted by Gasteiger charge is 2.31. The molecule has 0 aromatic rings. The highest BCUT2D eigenvalue weighted by Crippen LogP contribution is 2.20. The maximum Gasteiger partial charge on any atom is 0.234 e. The van der Waals surface area contributed by atoms with Crippen LogP contribution in [0.4, 0.5) is 0 Å². The van der Waals surface area contributed by atoms with Gasteiger partial charge in [0.15, 0.2) is 0 Å². The van der Waals surface area contributed by atoms with Gasteiger partial charge in [0.2, 0.25) is 5.91 Å². The third-order valence-electron chi connectivity index (χ3n) is 4.05. The molecule has 1 saturated heterocycles. The summed E-state index contributed by atoms with van der Waals surface area (Å²) in [5.74, 6) is 0.0779. The zero-order valence-corrected chi connectivity index (χ0v) is 12.0. The maximum absolute atomic E-state index is 11.8. The van der Waals surface area contributed by atoms with Crippen LogP contribution >= 0.6 is 0 Å². The monoisotopic (exact) mass is 266 g/mol. The molecule has 0 aromatic heterocycles. The van der Waals surface area contributed by atoms with Crippen molar-refractivity contribution >= 4 is 5.91 Å². The number of amides is 1. The first-order chi connectivity index (χ1) is 9.05. The molecule has 108 valence electrons. The number of allylic oxidation sites excluding steroid dienone is 1. The van der Waals surface area contributed by atoms with E-state index in [9.17, 15) is 9.90 Å². The van der Waals surface area contributed by atoms with E-state index in [1.165, 1.54) is 31.3 Å². The number of nitrogens with zero attached hydrogens (tertiary/aromatic N) is 1. The Kier molecular flexibility index (Phi) is 4.99. The number of rotatable bonds is 5. The molecule has 4 heteroatoms. The minimum atomic E-state index is -0.618. The highest BCUT2D eigenvalue weighted by molar-refractivity contribution is 5.78. The Bertz CT molecular complexity index is 350. The molecular formula is C15H26N2O2. The normalized spacial score (nSPS) is 28.2. The van der Waals surface area contributed by atoms with Gasteiger partial charge in [0.1, 0.15) is 0 Å². The molecule has 0 spiro atoms. The van der Waals surface area contributed by atoms with Crippen molar-refractivity contribution in [3.8, 4) is 0 Å². The van der Waals surface area contributed by atoms with E-state index in [-0.39, 0.29) is 5.91 Å². The highest BCUT2D eigenvalue weighted by atomic mass is 16.3. The molecule has 1 fully saturated rings. The first kappa shape index (κ1) is 14.5. The molecular weight excluding hydrogens is 240 g/mol. The van der Waals surface area contributed by atoms with Crippen LogP contribution in [-0.4, -0.2) is 47.7 Å². The Morgan fingerprint density at radius 1 is 1.53 bits per heavy atom. The zero-order valence-electron chi connectivity index (χ0n) is 12.0. The first-order valence-corrected chi connectivity index (χ1v) is 7.44. The third kappa shape index (κ3) is 4.96. The minimum Gasteiger partial charge on any atom is -0.389 e. The quantitative estimate of drug-likeness (QED) is 0.741. The van der Waals surface area contributed by atoms with E-state index in [0.717, 1.165) is 25.9 Å². The molecule has 0 radical (unpaired) electrons. The van der Waals surface area contributed by atoms with Crippen molar-refractivity contribution in [3.63, 3.8) is 0 Å². The lowest BCUT2D eigenvalue weighted by Gasteiger charge is -2.18. The smallest absolute Gasteiger partial charge is 0.234 e. The molecule has 0 saturated carbocycles. The first-order valence-electron chi connectivity index (χ1n) is 7.44. The van der Waals surface area contributed by atoms with E-state index in [1.54, 1.807) is 0 Å². The van der Waals surface area contributed by atoms with Gasteiger partial charge in [-0.3, -0.25) is 9.69 Å². The summed E-state index contributed by atoms with van der Waals surface area (Å²) in [6, 6.07) is 0. The second kappa shape index (κ2) is 6.53. The van der Waals surface area contributed by atoms with Gasteiger partial charge < -0.3 is 10.4 Å². The van der Waals surface area contributed by atoms with Gasteiger partial charge in [-0.15, -0.1) is 0 Å². The molecule has 2 rings (SSSR count). The van der Waals surface area contributed by atoms with Crippen LogP contribution in [0.5, 0.6) is 0 Å². The fraction of sp³-hybridized carbons (Fsp3) is 0.800. The lowest BCUT2D eigenvalue weighted by Crippen LogP contribution is -2.38. The molecule has 1 unspecified atom stereocenters. The summed E-state index contributed by atoms with van der Waals surface area (Å²) >= 11 is 0. The summed E-state index contributed by atoms with van der Waals surface area (Å²) in [6.07, 6.45) is 9.08. The molecule has 1 aliphatic heterocycles. The molecule has 0 aromatic carbocycles. The summed E-state index contributed by atoms with van der Waals surface area (Å²) < 4.78 is 0. The summed E-state index contributed by atoms with van der Waals surface area (Å²) in [5.41, 5.74) is 0.878. The van der Waals surface area contributed by atoms with Crippen molar-refractivity contribution in [1.82, 2.24) is 10.2 Å². The molecule has 1 atom stereocenters. The molecule has 1 aliphatic carbocycles. The average Bonchev–Trinajstić information content (AvgIpc) is 2.70. The van der Waals surface area contributed by atoms with Gasteiger partial charge >= 0.3 is 0 Å². The van der Waals surface area contributed by atoms with Crippen LogP contribution in [0, 0.1) is 0 Å². The van der Waals surface area contributed by atoms with E-state index in [4.69, 9.17) is 0 Å². The van der Waals surface area contributed by atoms with Gasteiger partial charge in [-0.1, -0.05) is 11.6 Å². The molecule has 1 heterocycles. The maximum atomic E-state index is 11.8. The van der Waals surface area contributed by atoms with Crippen LogP contribution in [0.1, 0.15) is 45.4 Å². The molecule has 2 aliphatic rings. The number of aliphatic hydroxyl groups is 1. The Morgan fingerprint density at radius 3 is 3.00 bits per heavy atom. The molecule has 4 nitrogen and oxygen atoms in total. The predicted molar refractivity (Wildman–Crippen MR) is 75.9 cm³/mol. The van der Waals surface area contributed by atoms with E-state index in [0.29, 0.717) is 13.1 Å². The fourth-order valence-corrected chi connectivity index (χ4v) is 2.93. The lowest BCUT2D eigenvalue weighted by atomic mass is 9.97. The molecule has 19 heavy (non-hydrogen) atoms. The van der Waals surface area contributed by atoms with Gasteiger partial charge in [-0.2, -0.15) is 0 Å². The summed E-state index contributed by atoms with van der Waals surface area (Å²) in [5, 5.41) is 12.8. The van der Waals surface area contributed by atoms with E-state index < -0.39 is 5.60 Å². The van der Waals surface area contributed by atoms with Crippen molar-refractivity contribution in [3.05, 3.63) is 11.6 Å². The Labute approximate surface area is 115 Å². The zero-order chi connectivity index (χ0) is 13.7. The molecule has 1 amide bonds. The van der Waals surface area contributed by atoms with Crippen LogP contribution < -0.4 is 5.32 Å². The number of likely N-dealkylation sites (tertiary alicyclic amines) is 1. The Balaban J connectivity index is 1.61. The molecule has 0 bridgehead atoms. The summed E-state index contributed by atoms with van der Waals surface area (Å²) in [7, 11) is 0. The Morgan fingerprint density at radius 2 is 2.37 bits per heavy atom. The van der Waals surface area contributed by atoms with Crippen molar-refractivity contribution in [2.75, 3.05) is 26.2 Å². The second-order valence-electron chi connectivity index (χ2n) is 6.17. The van der Waals surface area contributed by atoms with Gasteiger partial charge in [-0.25, -0.2) is 0 Å². The minimum absolute atomic E-state index is 0.0779. The largest absolute Gasteiger partial charge is 0.389 e. The fourth-order valence-electron chi connectivity index (χ4n) is 2.93. The van der Waals surface area contributed by atoms with Gasteiger partial charge in [0, 0.05) is 19.6 Å². The number of carbonyl (C=O) groups is 1.